The average Bonchev–Trinajstić information content (AvgIpc) is 3.25. The molecule has 1 aromatic carbocycles. The third kappa shape index (κ3) is 2.34. The van der Waals surface area contributed by atoms with Crippen molar-refractivity contribution in [1.82, 2.24) is 4.90 Å². The summed E-state index contributed by atoms with van der Waals surface area (Å²) in [4.78, 5) is 25.9. The van der Waals surface area contributed by atoms with Gasteiger partial charge in [0.05, 0.1) is 12.2 Å². The van der Waals surface area contributed by atoms with Crippen molar-refractivity contribution in [2.75, 3.05) is 13.2 Å². The summed E-state index contributed by atoms with van der Waals surface area (Å²) in [5.74, 6) is 1.44. The number of aliphatic carboxylic acids is 1. The van der Waals surface area contributed by atoms with Gasteiger partial charge in [0.2, 0.25) is 0 Å². The molecule has 1 spiro atoms. The molecule has 6 heteroatoms. The second-order valence-electron chi connectivity index (χ2n) is 11.6. The lowest BCUT2D eigenvalue weighted by Crippen LogP contribution is -2.68. The second-order valence-corrected chi connectivity index (χ2v) is 11.6. The van der Waals surface area contributed by atoms with Gasteiger partial charge in [0, 0.05) is 18.0 Å². The van der Waals surface area contributed by atoms with E-state index in [2.05, 4.69) is 0 Å². The van der Waals surface area contributed by atoms with Crippen LogP contribution in [0.25, 0.3) is 0 Å². The third-order valence-electron chi connectivity index (χ3n) is 10.2. The zero-order valence-electron chi connectivity index (χ0n) is 18.3. The Morgan fingerprint density at radius 2 is 1.97 bits per heavy atom. The SMILES string of the molecule is O=C(O)[C@@H]1CCCN1C(=O)c1cc(C2CC2)c(OCC23CC4CC5CC(C2)C53C4)cc1F. The number of benzene rings is 1. The van der Waals surface area contributed by atoms with Gasteiger partial charge in [-0.1, -0.05) is 0 Å². The van der Waals surface area contributed by atoms with Crippen LogP contribution in [-0.4, -0.2) is 41.1 Å². The number of rotatable bonds is 6. The van der Waals surface area contributed by atoms with Crippen molar-refractivity contribution in [2.45, 2.75) is 69.7 Å². The molecule has 32 heavy (non-hydrogen) atoms. The molecule has 1 heterocycles. The van der Waals surface area contributed by atoms with E-state index in [1.807, 2.05) is 0 Å². The average molecular weight is 440 g/mol. The molecule has 0 aromatic heterocycles. The predicted octanol–water partition coefficient (Wildman–Crippen LogP) is 4.60. The fraction of sp³-hybridized carbons (Fsp3) is 0.692. The second kappa shape index (κ2) is 6.27. The molecule has 1 aromatic rings. The molecular formula is C26H30FNO4. The summed E-state index contributed by atoms with van der Waals surface area (Å²) in [6.45, 7) is 1.04. The molecule has 1 aliphatic heterocycles. The van der Waals surface area contributed by atoms with E-state index in [1.54, 1.807) is 6.07 Å². The van der Waals surface area contributed by atoms with Crippen molar-refractivity contribution in [3.8, 4) is 5.75 Å². The van der Waals surface area contributed by atoms with Crippen LogP contribution in [0, 0.1) is 34.4 Å². The van der Waals surface area contributed by atoms with Crippen LogP contribution in [-0.2, 0) is 4.79 Å². The third-order valence-corrected chi connectivity index (χ3v) is 10.2. The number of nitrogens with zero attached hydrogens (tertiary/aromatic N) is 1. The lowest BCUT2D eigenvalue weighted by atomic mass is 9.32. The summed E-state index contributed by atoms with van der Waals surface area (Å²) in [5, 5.41) is 9.43. The Bertz CT molecular complexity index is 1040. The molecular weight excluding hydrogens is 409 g/mol. The minimum absolute atomic E-state index is 0.00755. The maximum atomic E-state index is 15.2. The highest BCUT2D eigenvalue weighted by molar-refractivity contribution is 5.97. The van der Waals surface area contributed by atoms with E-state index in [9.17, 15) is 14.7 Å². The van der Waals surface area contributed by atoms with Crippen LogP contribution in [0.4, 0.5) is 4.39 Å². The smallest absolute Gasteiger partial charge is 0.326 e. The zero-order chi connectivity index (χ0) is 21.8. The number of fused-ring (bicyclic) bond motifs is 1. The highest BCUT2D eigenvalue weighted by atomic mass is 19.1. The number of carbonyl (C=O) groups excluding carboxylic acids is 1. The molecule has 6 atom stereocenters. The molecule has 1 amide bonds. The molecule has 2 bridgehead atoms. The summed E-state index contributed by atoms with van der Waals surface area (Å²) in [6, 6.07) is 2.21. The molecule has 0 radical (unpaired) electrons. The van der Waals surface area contributed by atoms with Crippen molar-refractivity contribution in [3.05, 3.63) is 29.1 Å². The van der Waals surface area contributed by atoms with E-state index < -0.39 is 23.7 Å². The molecule has 5 nitrogen and oxygen atoms in total. The number of carboxylic acids is 1. The van der Waals surface area contributed by atoms with E-state index in [0.717, 1.165) is 36.2 Å². The quantitative estimate of drug-likeness (QED) is 0.704. The van der Waals surface area contributed by atoms with Crippen LogP contribution in [0.15, 0.2) is 12.1 Å². The van der Waals surface area contributed by atoms with Crippen molar-refractivity contribution >= 4 is 11.9 Å². The molecule has 6 aliphatic rings. The van der Waals surface area contributed by atoms with Crippen LogP contribution in [0.2, 0.25) is 0 Å². The maximum Gasteiger partial charge on any atom is 0.326 e. The Balaban J connectivity index is 1.15. The van der Waals surface area contributed by atoms with Crippen LogP contribution < -0.4 is 4.74 Å². The Hall–Kier alpha value is -2.11. The van der Waals surface area contributed by atoms with Gasteiger partial charge in [-0.25, -0.2) is 9.18 Å². The van der Waals surface area contributed by atoms with Gasteiger partial charge in [0.1, 0.15) is 17.6 Å². The van der Waals surface area contributed by atoms with Crippen molar-refractivity contribution < 1.29 is 23.8 Å². The van der Waals surface area contributed by atoms with Gasteiger partial charge in [-0.05, 0) is 98.5 Å². The minimum atomic E-state index is -1.02. The lowest BCUT2D eigenvalue weighted by Gasteiger charge is -2.72. The number of likely N-dealkylation sites (tertiary alicyclic amines) is 1. The number of carboxylic acid groups (broad SMARTS) is 1. The highest BCUT2D eigenvalue weighted by Crippen LogP contribution is 2.86. The van der Waals surface area contributed by atoms with Gasteiger partial charge in [-0.2, -0.15) is 0 Å². The molecule has 1 N–H and O–H groups in total. The fourth-order valence-electron chi connectivity index (χ4n) is 8.86. The summed E-state index contributed by atoms with van der Waals surface area (Å²) < 4.78 is 21.6. The molecule has 7 rings (SSSR count). The molecule has 170 valence electrons. The number of hydrogen-bond acceptors (Lipinski definition) is 3. The summed E-state index contributed by atoms with van der Waals surface area (Å²) in [7, 11) is 0. The first kappa shape index (κ1) is 19.4. The first-order valence-corrected chi connectivity index (χ1v) is 12.4. The van der Waals surface area contributed by atoms with Gasteiger partial charge in [0.25, 0.3) is 5.91 Å². The van der Waals surface area contributed by atoms with Crippen molar-refractivity contribution in [3.63, 3.8) is 0 Å². The Morgan fingerprint density at radius 1 is 1.12 bits per heavy atom. The summed E-state index contributed by atoms with van der Waals surface area (Å²) >= 11 is 0. The first-order chi connectivity index (χ1) is 15.4. The van der Waals surface area contributed by atoms with Crippen LogP contribution >= 0.6 is 0 Å². The van der Waals surface area contributed by atoms with Crippen LogP contribution in [0.3, 0.4) is 0 Å². The molecule has 1 saturated heterocycles. The minimum Gasteiger partial charge on any atom is -0.493 e. The fourth-order valence-corrected chi connectivity index (χ4v) is 8.86. The van der Waals surface area contributed by atoms with Gasteiger partial charge >= 0.3 is 5.97 Å². The van der Waals surface area contributed by atoms with E-state index in [1.165, 1.54) is 43.1 Å². The van der Waals surface area contributed by atoms with Crippen LogP contribution in [0.5, 0.6) is 5.75 Å². The molecule has 5 aliphatic carbocycles. The molecule has 5 unspecified atom stereocenters. The van der Waals surface area contributed by atoms with E-state index in [0.29, 0.717) is 48.5 Å². The Kier molecular flexibility index (Phi) is 3.79. The van der Waals surface area contributed by atoms with Gasteiger partial charge in [-0.15, -0.1) is 0 Å². The van der Waals surface area contributed by atoms with E-state index in [-0.39, 0.29) is 5.56 Å². The zero-order valence-corrected chi connectivity index (χ0v) is 18.3. The lowest BCUT2D eigenvalue weighted by molar-refractivity contribution is -0.254. The van der Waals surface area contributed by atoms with Gasteiger partial charge < -0.3 is 14.7 Å². The normalized spacial score (nSPS) is 40.6. The number of halogens is 1. The standard InChI is InChI=1S/C26H30FNO4/c27-20-9-22(32-13-25-10-14-6-16-7-17(12-25)26(16,25)11-14)18(15-3-4-15)8-19(20)23(29)28-5-1-2-21(28)24(30)31/h8-9,14-17,21H,1-7,10-13H2,(H,30,31)/t14?,16?,17?,21-,25?,26?/m0/s1. The van der Waals surface area contributed by atoms with Crippen molar-refractivity contribution in [2.24, 2.45) is 28.6 Å². The predicted molar refractivity (Wildman–Crippen MR) is 114 cm³/mol. The number of amides is 1. The Labute approximate surface area is 187 Å². The highest BCUT2D eigenvalue weighted by Gasteiger charge is 2.80. The summed E-state index contributed by atoms with van der Waals surface area (Å²) in [5.41, 5.74) is 1.73. The number of carbonyl (C=O) groups is 2. The molecule has 6 fully saturated rings. The van der Waals surface area contributed by atoms with Crippen molar-refractivity contribution in [1.29, 1.82) is 0 Å². The monoisotopic (exact) mass is 439 g/mol. The number of ether oxygens (including phenoxy) is 1. The summed E-state index contributed by atoms with van der Waals surface area (Å²) in [6.07, 6.45) is 9.84. The van der Waals surface area contributed by atoms with Crippen LogP contribution in [0.1, 0.15) is 79.6 Å². The number of hydrogen-bond donors (Lipinski definition) is 1. The Morgan fingerprint density at radius 3 is 2.69 bits per heavy atom. The van der Waals surface area contributed by atoms with E-state index in [4.69, 9.17) is 4.74 Å². The van der Waals surface area contributed by atoms with Gasteiger partial charge in [-0.3, -0.25) is 4.79 Å². The maximum absolute atomic E-state index is 15.2. The topological polar surface area (TPSA) is 66.8 Å². The van der Waals surface area contributed by atoms with Gasteiger partial charge in [0.15, 0.2) is 0 Å². The largest absolute Gasteiger partial charge is 0.493 e. The first-order valence-electron chi connectivity index (χ1n) is 12.4. The molecule has 5 saturated carbocycles. The van der Waals surface area contributed by atoms with E-state index >= 15 is 4.39 Å².